The largest absolute Gasteiger partial charge is 0.387 e. The summed E-state index contributed by atoms with van der Waals surface area (Å²) in [6, 6.07) is 22.9. The van der Waals surface area contributed by atoms with Crippen molar-refractivity contribution in [1.29, 1.82) is 0 Å². The summed E-state index contributed by atoms with van der Waals surface area (Å²) in [4.78, 5) is 16.1. The van der Waals surface area contributed by atoms with Crippen LogP contribution in [0.5, 0.6) is 0 Å². The summed E-state index contributed by atoms with van der Waals surface area (Å²) in [6.45, 7) is 1.28. The number of aliphatic hydroxyl groups excluding tert-OH is 1. The van der Waals surface area contributed by atoms with E-state index in [0.29, 0.717) is 6.54 Å². The van der Waals surface area contributed by atoms with Crippen LogP contribution in [0.3, 0.4) is 0 Å². The molecule has 3 aromatic rings. The van der Waals surface area contributed by atoms with Crippen molar-refractivity contribution in [3.05, 3.63) is 102 Å². The predicted octanol–water partition coefficient (Wildman–Crippen LogP) is 3.60. The molecule has 2 aromatic carbocycles. The van der Waals surface area contributed by atoms with Crippen LogP contribution in [0.15, 0.2) is 85.1 Å². The third-order valence-electron chi connectivity index (χ3n) is 4.43. The number of anilines is 1. The first kappa shape index (κ1) is 20.5. The molecule has 1 amide bonds. The fourth-order valence-electron chi connectivity index (χ4n) is 2.84. The van der Waals surface area contributed by atoms with Crippen LogP contribution in [0.25, 0.3) is 6.08 Å². The van der Waals surface area contributed by atoms with Gasteiger partial charge in [-0.3, -0.25) is 9.78 Å². The van der Waals surface area contributed by atoms with Gasteiger partial charge in [-0.05, 0) is 54.4 Å². The van der Waals surface area contributed by atoms with Crippen LogP contribution in [0.1, 0.15) is 22.9 Å². The lowest BCUT2D eigenvalue weighted by atomic mass is 10.1. The zero-order valence-corrected chi connectivity index (χ0v) is 16.2. The van der Waals surface area contributed by atoms with Crippen molar-refractivity contribution in [2.24, 2.45) is 0 Å². The SMILES string of the molecule is O=C(/C=C/c1ccccn1)Nc1ccc(CCNC[C@H](O)c2ccccc2)cc1. The van der Waals surface area contributed by atoms with E-state index in [0.717, 1.165) is 35.5 Å². The topological polar surface area (TPSA) is 74.2 Å². The quantitative estimate of drug-likeness (QED) is 0.387. The fourth-order valence-corrected chi connectivity index (χ4v) is 2.84. The van der Waals surface area contributed by atoms with Gasteiger partial charge in [-0.2, -0.15) is 0 Å². The van der Waals surface area contributed by atoms with Crippen LogP contribution in [-0.2, 0) is 11.2 Å². The summed E-state index contributed by atoms with van der Waals surface area (Å²) >= 11 is 0. The number of benzene rings is 2. The lowest BCUT2D eigenvalue weighted by Gasteiger charge is -2.12. The summed E-state index contributed by atoms with van der Waals surface area (Å²) in [5.41, 5.74) is 3.56. The van der Waals surface area contributed by atoms with E-state index in [1.807, 2.05) is 72.8 Å². The van der Waals surface area contributed by atoms with Gasteiger partial charge in [-0.1, -0.05) is 48.5 Å². The Morgan fingerprint density at radius 3 is 2.48 bits per heavy atom. The van der Waals surface area contributed by atoms with Gasteiger partial charge in [-0.15, -0.1) is 0 Å². The van der Waals surface area contributed by atoms with Crippen LogP contribution in [0.4, 0.5) is 5.69 Å². The smallest absolute Gasteiger partial charge is 0.248 e. The molecule has 0 saturated carbocycles. The molecule has 0 bridgehead atoms. The Balaban J connectivity index is 1.39. The minimum atomic E-state index is -0.507. The molecule has 29 heavy (non-hydrogen) atoms. The first-order valence-corrected chi connectivity index (χ1v) is 9.63. The Labute approximate surface area is 171 Å². The van der Waals surface area contributed by atoms with Gasteiger partial charge >= 0.3 is 0 Å². The van der Waals surface area contributed by atoms with E-state index in [-0.39, 0.29) is 5.91 Å². The van der Waals surface area contributed by atoms with E-state index in [2.05, 4.69) is 15.6 Å². The molecule has 1 heterocycles. The Morgan fingerprint density at radius 2 is 1.76 bits per heavy atom. The molecule has 0 radical (unpaired) electrons. The van der Waals surface area contributed by atoms with E-state index in [1.54, 1.807) is 12.3 Å². The zero-order chi connectivity index (χ0) is 20.3. The van der Waals surface area contributed by atoms with Gasteiger partial charge in [0, 0.05) is 24.5 Å². The third-order valence-corrected chi connectivity index (χ3v) is 4.43. The summed E-state index contributed by atoms with van der Waals surface area (Å²) in [7, 11) is 0. The number of carbonyl (C=O) groups excluding carboxylic acids is 1. The van der Waals surface area contributed by atoms with E-state index in [1.165, 1.54) is 6.08 Å². The number of aromatic nitrogens is 1. The highest BCUT2D eigenvalue weighted by Crippen LogP contribution is 2.12. The number of rotatable bonds is 9. The average molecular weight is 387 g/mol. The number of pyridine rings is 1. The van der Waals surface area contributed by atoms with Gasteiger partial charge in [0.15, 0.2) is 0 Å². The molecule has 0 unspecified atom stereocenters. The first-order chi connectivity index (χ1) is 14.2. The van der Waals surface area contributed by atoms with Crippen LogP contribution in [0, 0.1) is 0 Å². The molecule has 3 rings (SSSR count). The van der Waals surface area contributed by atoms with Gasteiger partial charge in [0.05, 0.1) is 11.8 Å². The number of aliphatic hydroxyl groups is 1. The molecule has 0 saturated heterocycles. The summed E-state index contributed by atoms with van der Waals surface area (Å²) < 4.78 is 0. The highest BCUT2D eigenvalue weighted by atomic mass is 16.3. The van der Waals surface area contributed by atoms with Crippen molar-refractivity contribution in [3.63, 3.8) is 0 Å². The molecule has 1 atom stereocenters. The molecule has 3 N–H and O–H groups in total. The lowest BCUT2D eigenvalue weighted by Crippen LogP contribution is -2.23. The Hall–Kier alpha value is -3.28. The van der Waals surface area contributed by atoms with Crippen molar-refractivity contribution >= 4 is 17.7 Å². The molecule has 5 nitrogen and oxygen atoms in total. The lowest BCUT2D eigenvalue weighted by molar-refractivity contribution is -0.111. The van der Waals surface area contributed by atoms with E-state index < -0.39 is 6.10 Å². The number of carbonyl (C=O) groups is 1. The van der Waals surface area contributed by atoms with Crippen molar-refractivity contribution < 1.29 is 9.90 Å². The number of nitrogens with one attached hydrogen (secondary N) is 2. The predicted molar refractivity (Wildman–Crippen MR) is 116 cm³/mol. The molecule has 0 aliphatic heterocycles. The Bertz CT molecular complexity index is 910. The van der Waals surface area contributed by atoms with Gasteiger partial charge in [0.2, 0.25) is 5.91 Å². The zero-order valence-electron chi connectivity index (χ0n) is 16.2. The minimum absolute atomic E-state index is 0.194. The standard InChI is InChI=1S/C24H25N3O2/c28-23(20-6-2-1-3-7-20)18-25-17-15-19-9-11-22(12-10-19)27-24(29)14-13-21-8-4-5-16-26-21/h1-14,16,23,25,28H,15,17-18H2,(H,27,29)/b14-13+/t23-/m0/s1. The third kappa shape index (κ3) is 6.99. The molecule has 0 aliphatic carbocycles. The van der Waals surface area contributed by atoms with Gasteiger partial charge < -0.3 is 15.7 Å². The van der Waals surface area contributed by atoms with E-state index >= 15 is 0 Å². The minimum Gasteiger partial charge on any atom is -0.387 e. The van der Waals surface area contributed by atoms with Crippen molar-refractivity contribution in [2.45, 2.75) is 12.5 Å². The van der Waals surface area contributed by atoms with Crippen LogP contribution in [0.2, 0.25) is 0 Å². The van der Waals surface area contributed by atoms with Gasteiger partial charge in [0.25, 0.3) is 0 Å². The summed E-state index contributed by atoms with van der Waals surface area (Å²) in [5.74, 6) is -0.194. The molecule has 5 heteroatoms. The molecule has 0 spiro atoms. The number of hydrogen-bond donors (Lipinski definition) is 3. The van der Waals surface area contributed by atoms with E-state index in [4.69, 9.17) is 0 Å². The Morgan fingerprint density at radius 1 is 1.00 bits per heavy atom. The number of amides is 1. The first-order valence-electron chi connectivity index (χ1n) is 9.63. The molecular formula is C24H25N3O2. The second-order valence-electron chi connectivity index (χ2n) is 6.65. The molecular weight excluding hydrogens is 362 g/mol. The highest BCUT2D eigenvalue weighted by molar-refractivity contribution is 6.01. The normalized spacial score (nSPS) is 12.0. The van der Waals surface area contributed by atoms with Gasteiger partial charge in [0.1, 0.15) is 0 Å². The fraction of sp³-hybridized carbons (Fsp3) is 0.167. The van der Waals surface area contributed by atoms with Crippen LogP contribution in [-0.4, -0.2) is 29.1 Å². The summed E-state index contributed by atoms with van der Waals surface area (Å²) in [6.07, 6.45) is 5.17. The second-order valence-corrected chi connectivity index (χ2v) is 6.65. The molecule has 0 aliphatic rings. The Kier molecular flexibility index (Phi) is 7.69. The second kappa shape index (κ2) is 10.9. The van der Waals surface area contributed by atoms with Crippen molar-refractivity contribution in [1.82, 2.24) is 10.3 Å². The maximum absolute atomic E-state index is 12.0. The molecule has 0 fully saturated rings. The number of hydrogen-bond acceptors (Lipinski definition) is 4. The van der Waals surface area contributed by atoms with Crippen LogP contribution >= 0.6 is 0 Å². The molecule has 148 valence electrons. The van der Waals surface area contributed by atoms with E-state index in [9.17, 15) is 9.90 Å². The van der Waals surface area contributed by atoms with Crippen molar-refractivity contribution in [3.8, 4) is 0 Å². The highest BCUT2D eigenvalue weighted by Gasteiger charge is 2.05. The number of nitrogens with zero attached hydrogens (tertiary/aromatic N) is 1. The monoisotopic (exact) mass is 387 g/mol. The maximum atomic E-state index is 12.0. The average Bonchev–Trinajstić information content (AvgIpc) is 2.77. The van der Waals surface area contributed by atoms with Crippen molar-refractivity contribution in [2.75, 3.05) is 18.4 Å². The summed E-state index contributed by atoms with van der Waals surface area (Å²) in [5, 5.41) is 16.3. The maximum Gasteiger partial charge on any atom is 0.248 e. The molecule has 1 aromatic heterocycles. The van der Waals surface area contributed by atoms with Gasteiger partial charge in [-0.25, -0.2) is 0 Å². The van der Waals surface area contributed by atoms with Crippen LogP contribution < -0.4 is 10.6 Å².